The molecule has 1 rings (SSSR count). The summed E-state index contributed by atoms with van der Waals surface area (Å²) in [6.45, 7) is 0. The lowest BCUT2D eigenvalue weighted by Crippen LogP contribution is -1.98. The Kier molecular flexibility index (Phi) is 3.78. The van der Waals surface area contributed by atoms with Gasteiger partial charge in [0.05, 0.1) is 12.5 Å². The Morgan fingerprint density at radius 3 is 2.79 bits per heavy atom. The molecule has 1 aromatic rings. The summed E-state index contributed by atoms with van der Waals surface area (Å²) in [5, 5.41) is 8.40. The van der Waals surface area contributed by atoms with Gasteiger partial charge in [-0.15, -0.1) is 11.6 Å². The van der Waals surface area contributed by atoms with Crippen LogP contribution < -0.4 is 0 Å². The largest absolute Gasteiger partial charge is 0.280 e. The number of alkyl halides is 3. The monoisotopic (exact) mass is 216 g/mol. The highest BCUT2D eigenvalue weighted by Gasteiger charge is 2.14. The van der Waals surface area contributed by atoms with Gasteiger partial charge >= 0.3 is 0 Å². The third kappa shape index (κ3) is 2.39. The average Bonchev–Trinajstić information content (AvgIpc) is 2.17. The normalized spacial score (nSPS) is 10.2. The topological polar surface area (TPSA) is 36.7 Å². The summed E-state index contributed by atoms with van der Waals surface area (Å²) in [5.41, 5.74) is 0.587. The van der Waals surface area contributed by atoms with E-state index in [1.54, 1.807) is 0 Å². The van der Waals surface area contributed by atoms with Crippen molar-refractivity contribution in [2.45, 2.75) is 18.7 Å². The van der Waals surface area contributed by atoms with Gasteiger partial charge in [0.2, 0.25) is 0 Å². The number of rotatable bonds is 3. The molecule has 0 aromatic carbocycles. The first kappa shape index (κ1) is 10.9. The van der Waals surface area contributed by atoms with Crippen molar-refractivity contribution < 1.29 is 8.78 Å². The van der Waals surface area contributed by atoms with Crippen LogP contribution in [0.5, 0.6) is 0 Å². The van der Waals surface area contributed by atoms with Crippen LogP contribution in [0.25, 0.3) is 0 Å². The van der Waals surface area contributed by atoms with Crippen LogP contribution in [0.15, 0.2) is 12.3 Å². The van der Waals surface area contributed by atoms with Crippen LogP contribution in [0, 0.1) is 11.3 Å². The van der Waals surface area contributed by atoms with Gasteiger partial charge in [0, 0.05) is 12.1 Å². The number of nitrogens with zero attached hydrogens (tertiary/aromatic N) is 2. The summed E-state index contributed by atoms with van der Waals surface area (Å²) < 4.78 is 24.7. The van der Waals surface area contributed by atoms with Crippen molar-refractivity contribution in [2.75, 3.05) is 0 Å². The average molecular weight is 217 g/mol. The molecule has 0 aliphatic heterocycles. The summed E-state index contributed by atoms with van der Waals surface area (Å²) >= 11 is 5.49. The molecule has 0 aliphatic carbocycles. The molecular formula is C9H7ClF2N2. The van der Waals surface area contributed by atoms with Gasteiger partial charge in [-0.2, -0.15) is 5.26 Å². The molecule has 0 aliphatic rings. The number of nitriles is 1. The highest BCUT2D eigenvalue weighted by atomic mass is 35.5. The summed E-state index contributed by atoms with van der Waals surface area (Å²) in [5.74, 6) is -0.0219. The Balaban J connectivity index is 3.06. The van der Waals surface area contributed by atoms with Gasteiger partial charge in [0.25, 0.3) is 6.43 Å². The molecule has 1 heterocycles. The van der Waals surface area contributed by atoms with Crippen molar-refractivity contribution in [2.24, 2.45) is 0 Å². The Morgan fingerprint density at radius 1 is 1.57 bits per heavy atom. The molecule has 0 N–H and O–H groups in total. The Hall–Kier alpha value is -1.21. The molecule has 74 valence electrons. The highest BCUT2D eigenvalue weighted by molar-refractivity contribution is 6.17. The third-order valence-electron chi connectivity index (χ3n) is 1.69. The first-order chi connectivity index (χ1) is 6.69. The Bertz CT molecular complexity index is 360. The number of pyridine rings is 1. The molecule has 0 bridgehead atoms. The zero-order valence-electron chi connectivity index (χ0n) is 7.17. The van der Waals surface area contributed by atoms with Crippen LogP contribution in [0.2, 0.25) is 0 Å². The number of aromatic nitrogens is 1. The van der Waals surface area contributed by atoms with E-state index in [1.807, 2.05) is 6.07 Å². The maximum Gasteiger partial charge on any atom is 0.280 e. The van der Waals surface area contributed by atoms with Crippen molar-refractivity contribution in [3.8, 4) is 6.07 Å². The molecule has 1 aromatic heterocycles. The quantitative estimate of drug-likeness (QED) is 0.729. The Labute approximate surface area is 85.1 Å². The van der Waals surface area contributed by atoms with Crippen molar-refractivity contribution in [3.05, 3.63) is 29.1 Å². The first-order valence-electron chi connectivity index (χ1n) is 3.87. The zero-order chi connectivity index (χ0) is 10.6. The minimum atomic E-state index is -2.63. The van der Waals surface area contributed by atoms with Crippen LogP contribution in [0.1, 0.15) is 23.2 Å². The van der Waals surface area contributed by atoms with Crippen molar-refractivity contribution >= 4 is 11.6 Å². The second kappa shape index (κ2) is 4.87. The van der Waals surface area contributed by atoms with Gasteiger partial charge in [-0.3, -0.25) is 4.98 Å². The second-order valence-corrected chi connectivity index (χ2v) is 2.92. The lowest BCUT2D eigenvalue weighted by molar-refractivity contribution is 0.145. The minimum absolute atomic E-state index is 0.0219. The zero-order valence-corrected chi connectivity index (χ0v) is 7.93. The second-order valence-electron chi connectivity index (χ2n) is 2.66. The van der Waals surface area contributed by atoms with Gasteiger partial charge in [0.15, 0.2) is 0 Å². The summed E-state index contributed by atoms with van der Waals surface area (Å²) in [6.07, 6.45) is -1.19. The molecule has 0 atom stereocenters. The van der Waals surface area contributed by atoms with Crippen LogP contribution in [0.3, 0.4) is 0 Å². The molecule has 0 saturated heterocycles. The standard InChI is InChI=1S/C9H7ClF2N2/c10-4-7-3-6(1-2-13)5-14-8(7)9(11)12/h3,5,9H,1,4H2. The molecule has 14 heavy (non-hydrogen) atoms. The summed E-state index contributed by atoms with van der Waals surface area (Å²) in [7, 11) is 0. The van der Waals surface area contributed by atoms with Gasteiger partial charge in [-0.05, 0) is 17.2 Å². The minimum Gasteiger partial charge on any atom is -0.255 e. The highest BCUT2D eigenvalue weighted by Crippen LogP contribution is 2.22. The van der Waals surface area contributed by atoms with Crippen molar-refractivity contribution in [3.63, 3.8) is 0 Å². The van der Waals surface area contributed by atoms with E-state index in [9.17, 15) is 8.78 Å². The van der Waals surface area contributed by atoms with Crippen molar-refractivity contribution in [1.82, 2.24) is 4.98 Å². The van der Waals surface area contributed by atoms with E-state index in [2.05, 4.69) is 4.98 Å². The van der Waals surface area contributed by atoms with E-state index < -0.39 is 6.43 Å². The predicted octanol–water partition coefficient (Wildman–Crippen LogP) is 2.82. The van der Waals surface area contributed by atoms with E-state index in [1.165, 1.54) is 12.3 Å². The fraction of sp³-hybridized carbons (Fsp3) is 0.333. The van der Waals surface area contributed by atoms with E-state index in [0.717, 1.165) is 0 Å². The molecule has 0 amide bonds. The maximum absolute atomic E-state index is 12.3. The van der Waals surface area contributed by atoms with E-state index in [0.29, 0.717) is 5.56 Å². The van der Waals surface area contributed by atoms with E-state index in [4.69, 9.17) is 16.9 Å². The Morgan fingerprint density at radius 2 is 2.29 bits per heavy atom. The lowest BCUT2D eigenvalue weighted by Gasteiger charge is -2.05. The maximum atomic E-state index is 12.3. The molecule has 5 heteroatoms. The fourth-order valence-electron chi connectivity index (χ4n) is 1.06. The third-order valence-corrected chi connectivity index (χ3v) is 1.98. The summed E-state index contributed by atoms with van der Waals surface area (Å²) in [4.78, 5) is 3.58. The van der Waals surface area contributed by atoms with Crippen molar-refractivity contribution in [1.29, 1.82) is 5.26 Å². The molecule has 2 nitrogen and oxygen atoms in total. The lowest BCUT2D eigenvalue weighted by atomic mass is 10.1. The fourth-order valence-corrected chi connectivity index (χ4v) is 1.28. The molecule has 0 saturated carbocycles. The molecule has 0 radical (unpaired) electrons. The van der Waals surface area contributed by atoms with E-state index in [-0.39, 0.29) is 23.6 Å². The van der Waals surface area contributed by atoms with Gasteiger partial charge < -0.3 is 0 Å². The molecule has 0 fully saturated rings. The predicted molar refractivity (Wildman–Crippen MR) is 48.1 cm³/mol. The van der Waals surface area contributed by atoms with Gasteiger partial charge in [-0.1, -0.05) is 0 Å². The summed E-state index contributed by atoms with van der Waals surface area (Å²) in [6, 6.07) is 3.40. The van der Waals surface area contributed by atoms with Crippen LogP contribution in [-0.2, 0) is 12.3 Å². The molecule has 0 unspecified atom stereocenters. The van der Waals surface area contributed by atoms with E-state index >= 15 is 0 Å². The van der Waals surface area contributed by atoms with Gasteiger partial charge in [0.1, 0.15) is 5.69 Å². The molecule has 0 spiro atoms. The SMILES string of the molecule is N#CCc1cnc(C(F)F)c(CCl)c1. The smallest absolute Gasteiger partial charge is 0.255 e. The number of hydrogen-bond donors (Lipinski definition) is 0. The first-order valence-corrected chi connectivity index (χ1v) is 4.41. The van der Waals surface area contributed by atoms with Crippen LogP contribution >= 0.6 is 11.6 Å². The van der Waals surface area contributed by atoms with Crippen LogP contribution in [0.4, 0.5) is 8.78 Å². The van der Waals surface area contributed by atoms with Crippen LogP contribution in [-0.4, -0.2) is 4.98 Å². The van der Waals surface area contributed by atoms with Gasteiger partial charge in [-0.25, -0.2) is 8.78 Å². The molecular weight excluding hydrogens is 210 g/mol. The number of halogens is 3. The number of hydrogen-bond acceptors (Lipinski definition) is 2.